The van der Waals surface area contributed by atoms with Gasteiger partial charge in [-0.15, -0.1) is 0 Å². The lowest BCUT2D eigenvalue weighted by Crippen LogP contribution is -2.12. The van der Waals surface area contributed by atoms with Gasteiger partial charge in [-0.2, -0.15) is 0 Å². The Hall–Kier alpha value is -1.71. The van der Waals surface area contributed by atoms with Crippen LogP contribution in [0.5, 0.6) is 17.2 Å². The van der Waals surface area contributed by atoms with Crippen molar-refractivity contribution < 1.29 is 9.47 Å². The highest BCUT2D eigenvalue weighted by Crippen LogP contribution is 2.31. The molecule has 0 spiro atoms. The summed E-state index contributed by atoms with van der Waals surface area (Å²) in [5.74, 6) is 2.37. The number of hydrogen-bond acceptors (Lipinski definition) is 3. The van der Waals surface area contributed by atoms with Crippen molar-refractivity contribution in [2.45, 2.75) is 20.4 Å². The minimum Gasteiger partial charge on any atom is -0.494 e. The Kier molecular flexibility index (Phi) is 5.90. The summed E-state index contributed by atoms with van der Waals surface area (Å²) in [5.41, 5.74) is 0.968. The SMILES string of the molecule is CCNCc1c(Cl)cccc1Oc1ccc(OCC)cc1. The maximum Gasteiger partial charge on any atom is 0.133 e. The number of benzene rings is 2. The quantitative estimate of drug-likeness (QED) is 0.808. The van der Waals surface area contributed by atoms with Crippen molar-refractivity contribution in [3.8, 4) is 17.2 Å². The summed E-state index contributed by atoms with van der Waals surface area (Å²) in [5, 5.41) is 3.98. The Balaban J connectivity index is 2.16. The molecule has 3 nitrogen and oxygen atoms in total. The largest absolute Gasteiger partial charge is 0.494 e. The molecule has 4 heteroatoms. The first-order chi connectivity index (χ1) is 10.2. The molecule has 2 aromatic carbocycles. The topological polar surface area (TPSA) is 30.5 Å². The normalized spacial score (nSPS) is 10.4. The summed E-state index contributed by atoms with van der Waals surface area (Å²) < 4.78 is 11.4. The van der Waals surface area contributed by atoms with E-state index in [9.17, 15) is 0 Å². The van der Waals surface area contributed by atoms with Crippen LogP contribution >= 0.6 is 11.6 Å². The minimum atomic E-state index is 0.654. The van der Waals surface area contributed by atoms with Gasteiger partial charge in [-0.3, -0.25) is 0 Å². The summed E-state index contributed by atoms with van der Waals surface area (Å²) in [6.07, 6.45) is 0. The molecule has 0 saturated carbocycles. The van der Waals surface area contributed by atoms with E-state index in [1.807, 2.05) is 49.4 Å². The first kappa shape index (κ1) is 15.7. The van der Waals surface area contributed by atoms with E-state index in [1.165, 1.54) is 0 Å². The van der Waals surface area contributed by atoms with E-state index in [1.54, 1.807) is 0 Å². The highest BCUT2D eigenvalue weighted by Gasteiger charge is 2.09. The lowest BCUT2D eigenvalue weighted by atomic mass is 10.2. The van der Waals surface area contributed by atoms with Gasteiger partial charge in [0.1, 0.15) is 17.2 Å². The molecule has 112 valence electrons. The Morgan fingerprint density at radius 1 is 1.00 bits per heavy atom. The Morgan fingerprint density at radius 3 is 2.38 bits per heavy atom. The molecule has 0 fully saturated rings. The highest BCUT2D eigenvalue weighted by atomic mass is 35.5. The Bertz CT molecular complexity index is 570. The number of nitrogens with one attached hydrogen (secondary N) is 1. The zero-order valence-electron chi connectivity index (χ0n) is 12.4. The van der Waals surface area contributed by atoms with Gasteiger partial charge < -0.3 is 14.8 Å². The summed E-state index contributed by atoms with van der Waals surface area (Å²) in [6, 6.07) is 13.3. The van der Waals surface area contributed by atoms with Crippen LogP contribution in [0.15, 0.2) is 42.5 Å². The van der Waals surface area contributed by atoms with Crippen molar-refractivity contribution in [2.75, 3.05) is 13.2 Å². The van der Waals surface area contributed by atoms with Crippen molar-refractivity contribution in [1.82, 2.24) is 5.32 Å². The molecule has 2 rings (SSSR count). The van der Waals surface area contributed by atoms with Crippen LogP contribution in [-0.4, -0.2) is 13.2 Å². The number of ether oxygens (including phenoxy) is 2. The van der Waals surface area contributed by atoms with E-state index in [-0.39, 0.29) is 0 Å². The number of rotatable bonds is 7. The van der Waals surface area contributed by atoms with Gasteiger partial charge in [-0.1, -0.05) is 24.6 Å². The van der Waals surface area contributed by atoms with Gasteiger partial charge in [-0.05, 0) is 49.9 Å². The van der Waals surface area contributed by atoms with Crippen LogP contribution in [0.1, 0.15) is 19.4 Å². The van der Waals surface area contributed by atoms with E-state index in [4.69, 9.17) is 21.1 Å². The predicted octanol–water partition coefficient (Wildman–Crippen LogP) is 4.64. The number of halogens is 1. The third kappa shape index (κ3) is 4.38. The van der Waals surface area contributed by atoms with E-state index < -0.39 is 0 Å². The van der Waals surface area contributed by atoms with Crippen molar-refractivity contribution >= 4 is 11.6 Å². The van der Waals surface area contributed by atoms with Gasteiger partial charge >= 0.3 is 0 Å². The third-order valence-electron chi connectivity index (χ3n) is 2.99. The Labute approximate surface area is 130 Å². The van der Waals surface area contributed by atoms with Crippen LogP contribution < -0.4 is 14.8 Å². The average molecular weight is 306 g/mol. The standard InChI is InChI=1S/C17H20ClNO2/c1-3-19-12-15-16(18)6-5-7-17(15)21-14-10-8-13(9-11-14)20-4-2/h5-11,19H,3-4,12H2,1-2H3. The molecule has 0 aliphatic heterocycles. The number of hydrogen-bond donors (Lipinski definition) is 1. The molecular weight excluding hydrogens is 286 g/mol. The maximum absolute atomic E-state index is 6.26. The summed E-state index contributed by atoms with van der Waals surface area (Å²) in [7, 11) is 0. The Morgan fingerprint density at radius 2 is 1.71 bits per heavy atom. The van der Waals surface area contributed by atoms with Gasteiger partial charge in [0.2, 0.25) is 0 Å². The second-order valence-corrected chi connectivity index (χ2v) is 4.91. The first-order valence-corrected chi connectivity index (χ1v) is 7.51. The van der Waals surface area contributed by atoms with E-state index >= 15 is 0 Å². The lowest BCUT2D eigenvalue weighted by molar-refractivity contribution is 0.339. The van der Waals surface area contributed by atoms with Crippen molar-refractivity contribution in [1.29, 1.82) is 0 Å². The van der Waals surface area contributed by atoms with E-state index in [0.717, 1.165) is 29.4 Å². The molecule has 2 aromatic rings. The second kappa shape index (κ2) is 7.91. The third-order valence-corrected chi connectivity index (χ3v) is 3.34. The molecule has 0 heterocycles. The molecule has 0 aromatic heterocycles. The van der Waals surface area contributed by atoms with E-state index in [2.05, 4.69) is 12.2 Å². The highest BCUT2D eigenvalue weighted by molar-refractivity contribution is 6.31. The molecule has 0 saturated heterocycles. The second-order valence-electron chi connectivity index (χ2n) is 4.50. The summed E-state index contributed by atoms with van der Waals surface area (Å²) >= 11 is 6.26. The fraction of sp³-hybridized carbons (Fsp3) is 0.294. The molecule has 1 N–H and O–H groups in total. The van der Waals surface area contributed by atoms with Crippen LogP contribution in [0.2, 0.25) is 5.02 Å². The average Bonchev–Trinajstić information content (AvgIpc) is 2.49. The van der Waals surface area contributed by atoms with Crippen molar-refractivity contribution in [3.05, 3.63) is 53.1 Å². The lowest BCUT2D eigenvalue weighted by Gasteiger charge is -2.13. The van der Waals surface area contributed by atoms with Crippen LogP contribution in [0.3, 0.4) is 0 Å². The van der Waals surface area contributed by atoms with Crippen LogP contribution in [0.25, 0.3) is 0 Å². The van der Waals surface area contributed by atoms with Crippen molar-refractivity contribution in [3.63, 3.8) is 0 Å². The fourth-order valence-corrected chi connectivity index (χ4v) is 2.19. The molecule has 0 aliphatic rings. The molecular formula is C17H20ClNO2. The summed E-state index contributed by atoms with van der Waals surface area (Å²) in [4.78, 5) is 0. The monoisotopic (exact) mass is 305 g/mol. The van der Waals surface area contributed by atoms with E-state index in [0.29, 0.717) is 18.2 Å². The van der Waals surface area contributed by atoms with Crippen LogP contribution in [-0.2, 0) is 6.54 Å². The molecule has 0 unspecified atom stereocenters. The zero-order chi connectivity index (χ0) is 15.1. The molecule has 0 radical (unpaired) electrons. The minimum absolute atomic E-state index is 0.654. The van der Waals surface area contributed by atoms with Crippen LogP contribution in [0.4, 0.5) is 0 Å². The van der Waals surface area contributed by atoms with Gasteiger partial charge in [0, 0.05) is 17.1 Å². The molecule has 21 heavy (non-hydrogen) atoms. The van der Waals surface area contributed by atoms with Gasteiger partial charge in [0.05, 0.1) is 6.61 Å². The zero-order valence-corrected chi connectivity index (χ0v) is 13.1. The van der Waals surface area contributed by atoms with Gasteiger partial charge in [-0.25, -0.2) is 0 Å². The van der Waals surface area contributed by atoms with Crippen LogP contribution in [0, 0.1) is 0 Å². The molecule has 0 aliphatic carbocycles. The van der Waals surface area contributed by atoms with Gasteiger partial charge in [0.25, 0.3) is 0 Å². The predicted molar refractivity (Wildman–Crippen MR) is 86.5 cm³/mol. The first-order valence-electron chi connectivity index (χ1n) is 7.13. The molecule has 0 atom stereocenters. The van der Waals surface area contributed by atoms with Gasteiger partial charge in [0.15, 0.2) is 0 Å². The fourth-order valence-electron chi connectivity index (χ4n) is 1.95. The summed E-state index contributed by atoms with van der Waals surface area (Å²) in [6.45, 7) is 6.24. The molecule has 0 amide bonds. The molecule has 0 bridgehead atoms. The van der Waals surface area contributed by atoms with Crippen molar-refractivity contribution in [2.24, 2.45) is 0 Å². The smallest absolute Gasteiger partial charge is 0.133 e. The maximum atomic E-state index is 6.26.